The number of hydrogen-bond donors (Lipinski definition) is 1. The van der Waals surface area contributed by atoms with Crippen LogP contribution in [0.15, 0.2) is 30.3 Å². The van der Waals surface area contributed by atoms with Crippen LogP contribution in [0.1, 0.15) is 50.5 Å². The maximum absolute atomic E-state index is 12.5. The third-order valence-corrected chi connectivity index (χ3v) is 5.74. The molecule has 3 heteroatoms. The van der Waals surface area contributed by atoms with Crippen LogP contribution in [0.4, 0.5) is 0 Å². The molecule has 1 aliphatic carbocycles. The number of hydrogen-bond acceptors (Lipinski definition) is 2. The molecule has 0 aromatic heterocycles. The Kier molecular flexibility index (Phi) is 5.71. The van der Waals surface area contributed by atoms with Crippen molar-refractivity contribution in [2.24, 2.45) is 17.6 Å². The molecule has 2 atom stereocenters. The summed E-state index contributed by atoms with van der Waals surface area (Å²) in [6.07, 6.45) is 8.80. The molecule has 0 spiro atoms. The van der Waals surface area contributed by atoms with Gasteiger partial charge in [-0.1, -0.05) is 43.2 Å². The van der Waals surface area contributed by atoms with Crippen molar-refractivity contribution in [3.63, 3.8) is 0 Å². The van der Waals surface area contributed by atoms with Gasteiger partial charge in [0.05, 0.1) is 0 Å². The van der Waals surface area contributed by atoms with E-state index in [1.807, 2.05) is 0 Å². The monoisotopic (exact) mass is 314 g/mol. The van der Waals surface area contributed by atoms with E-state index in [9.17, 15) is 4.79 Å². The molecule has 1 aromatic rings. The van der Waals surface area contributed by atoms with Gasteiger partial charge in [-0.05, 0) is 49.5 Å². The fraction of sp³-hybridized carbons (Fsp3) is 0.650. The Labute approximate surface area is 140 Å². The first-order valence-corrected chi connectivity index (χ1v) is 9.29. The summed E-state index contributed by atoms with van der Waals surface area (Å²) in [5, 5.41) is 0. The molecule has 1 aromatic carbocycles. The predicted octanol–water partition coefficient (Wildman–Crippen LogP) is 3.38. The zero-order chi connectivity index (χ0) is 16.1. The molecule has 2 fully saturated rings. The van der Waals surface area contributed by atoms with Gasteiger partial charge >= 0.3 is 0 Å². The quantitative estimate of drug-likeness (QED) is 0.926. The van der Waals surface area contributed by atoms with Crippen LogP contribution in [0, 0.1) is 11.8 Å². The Bertz CT molecular complexity index is 494. The van der Waals surface area contributed by atoms with Gasteiger partial charge in [0.25, 0.3) is 0 Å². The van der Waals surface area contributed by atoms with E-state index < -0.39 is 0 Å². The molecule has 1 saturated carbocycles. The summed E-state index contributed by atoms with van der Waals surface area (Å²) in [6.45, 7) is 1.86. The Morgan fingerprint density at radius 3 is 2.43 bits per heavy atom. The fourth-order valence-corrected chi connectivity index (χ4v) is 4.18. The highest BCUT2D eigenvalue weighted by atomic mass is 16.2. The van der Waals surface area contributed by atoms with Crippen molar-refractivity contribution in [2.45, 2.75) is 57.4 Å². The highest BCUT2D eigenvalue weighted by Crippen LogP contribution is 2.28. The summed E-state index contributed by atoms with van der Waals surface area (Å²) < 4.78 is 0. The Morgan fingerprint density at radius 1 is 1.04 bits per heavy atom. The van der Waals surface area contributed by atoms with Crippen molar-refractivity contribution >= 4 is 5.91 Å². The lowest BCUT2D eigenvalue weighted by Crippen LogP contribution is -2.42. The first-order chi connectivity index (χ1) is 11.2. The largest absolute Gasteiger partial charge is 0.343 e. The lowest BCUT2D eigenvalue weighted by Gasteiger charge is -2.35. The van der Waals surface area contributed by atoms with Crippen molar-refractivity contribution in [2.75, 3.05) is 13.1 Å². The average molecular weight is 314 g/mol. The van der Waals surface area contributed by atoms with Crippen molar-refractivity contribution in [3.8, 4) is 0 Å². The van der Waals surface area contributed by atoms with Gasteiger partial charge in [0.2, 0.25) is 5.91 Å². The second kappa shape index (κ2) is 7.96. The third kappa shape index (κ3) is 4.57. The smallest absolute Gasteiger partial charge is 0.222 e. The Balaban J connectivity index is 1.44. The molecule has 1 aliphatic heterocycles. The number of carbonyl (C=O) groups excluding carboxylic acids is 1. The van der Waals surface area contributed by atoms with Gasteiger partial charge < -0.3 is 10.6 Å². The van der Waals surface area contributed by atoms with E-state index in [0.29, 0.717) is 18.2 Å². The SMILES string of the molecule is NC1CCCCC1CC(=O)N1CCC(Cc2ccccc2)CC1. The van der Waals surface area contributed by atoms with Crippen LogP contribution in [0.2, 0.25) is 0 Å². The molecule has 0 bridgehead atoms. The number of nitrogens with two attached hydrogens (primary N) is 1. The zero-order valence-corrected chi connectivity index (χ0v) is 14.1. The highest BCUT2D eigenvalue weighted by molar-refractivity contribution is 5.76. The van der Waals surface area contributed by atoms with Crippen LogP contribution in [0.3, 0.4) is 0 Å². The van der Waals surface area contributed by atoms with Gasteiger partial charge in [-0.25, -0.2) is 0 Å². The van der Waals surface area contributed by atoms with Gasteiger partial charge in [0.15, 0.2) is 0 Å². The minimum atomic E-state index is 0.239. The molecular weight excluding hydrogens is 284 g/mol. The normalized spacial score (nSPS) is 26.2. The highest BCUT2D eigenvalue weighted by Gasteiger charge is 2.28. The van der Waals surface area contributed by atoms with E-state index >= 15 is 0 Å². The average Bonchev–Trinajstić information content (AvgIpc) is 2.58. The van der Waals surface area contributed by atoms with Crippen molar-refractivity contribution < 1.29 is 4.79 Å². The predicted molar refractivity (Wildman–Crippen MR) is 94.0 cm³/mol. The van der Waals surface area contributed by atoms with Gasteiger partial charge in [0, 0.05) is 25.6 Å². The van der Waals surface area contributed by atoms with Crippen LogP contribution in [0.5, 0.6) is 0 Å². The van der Waals surface area contributed by atoms with Gasteiger partial charge in [-0.3, -0.25) is 4.79 Å². The summed E-state index contributed by atoms with van der Waals surface area (Å²) in [5.41, 5.74) is 7.62. The van der Waals surface area contributed by atoms with Gasteiger partial charge in [0.1, 0.15) is 0 Å². The molecule has 2 unspecified atom stereocenters. The summed E-state index contributed by atoms with van der Waals surface area (Å²) >= 11 is 0. The van der Waals surface area contributed by atoms with Crippen LogP contribution in [-0.4, -0.2) is 29.9 Å². The van der Waals surface area contributed by atoms with Crippen LogP contribution < -0.4 is 5.73 Å². The lowest BCUT2D eigenvalue weighted by molar-refractivity contribution is -0.134. The van der Waals surface area contributed by atoms with E-state index in [0.717, 1.165) is 51.1 Å². The van der Waals surface area contributed by atoms with Crippen LogP contribution in [0.25, 0.3) is 0 Å². The molecule has 126 valence electrons. The molecule has 1 amide bonds. The van der Waals surface area contributed by atoms with Crippen molar-refractivity contribution in [1.82, 2.24) is 4.90 Å². The maximum Gasteiger partial charge on any atom is 0.222 e. The standard InChI is InChI=1S/C20H30N2O/c21-19-9-5-4-8-18(19)15-20(23)22-12-10-17(11-13-22)14-16-6-2-1-3-7-16/h1-3,6-7,17-19H,4-5,8-15,21H2. The number of rotatable bonds is 4. The summed E-state index contributed by atoms with van der Waals surface area (Å²) in [5.74, 6) is 1.47. The van der Waals surface area contributed by atoms with Gasteiger partial charge in [-0.2, -0.15) is 0 Å². The Hall–Kier alpha value is -1.35. The van der Waals surface area contributed by atoms with E-state index in [1.54, 1.807) is 0 Å². The first-order valence-electron chi connectivity index (χ1n) is 9.29. The minimum absolute atomic E-state index is 0.239. The second-order valence-electron chi connectivity index (χ2n) is 7.43. The summed E-state index contributed by atoms with van der Waals surface area (Å²) in [6, 6.07) is 11.0. The number of carbonyl (C=O) groups is 1. The molecule has 1 saturated heterocycles. The lowest BCUT2D eigenvalue weighted by atomic mass is 9.82. The number of benzene rings is 1. The molecule has 3 rings (SSSR count). The Morgan fingerprint density at radius 2 is 1.74 bits per heavy atom. The molecule has 2 N–H and O–H groups in total. The minimum Gasteiger partial charge on any atom is -0.343 e. The maximum atomic E-state index is 12.5. The molecular formula is C20H30N2O. The second-order valence-corrected chi connectivity index (χ2v) is 7.43. The van der Waals surface area contributed by atoms with Crippen LogP contribution >= 0.6 is 0 Å². The van der Waals surface area contributed by atoms with E-state index in [4.69, 9.17) is 5.73 Å². The van der Waals surface area contributed by atoms with Gasteiger partial charge in [-0.15, -0.1) is 0 Å². The van der Waals surface area contributed by atoms with E-state index in [2.05, 4.69) is 35.2 Å². The molecule has 1 heterocycles. The van der Waals surface area contributed by atoms with E-state index in [-0.39, 0.29) is 6.04 Å². The number of nitrogens with zero attached hydrogens (tertiary/aromatic N) is 1. The number of amides is 1. The number of piperidine rings is 1. The summed E-state index contributed by atoms with van der Waals surface area (Å²) in [7, 11) is 0. The van der Waals surface area contributed by atoms with E-state index in [1.165, 1.54) is 18.4 Å². The molecule has 23 heavy (non-hydrogen) atoms. The van der Waals surface area contributed by atoms with Crippen molar-refractivity contribution in [3.05, 3.63) is 35.9 Å². The fourth-order valence-electron chi connectivity index (χ4n) is 4.18. The molecule has 3 nitrogen and oxygen atoms in total. The first kappa shape index (κ1) is 16.5. The zero-order valence-electron chi connectivity index (χ0n) is 14.1. The third-order valence-electron chi connectivity index (χ3n) is 5.74. The number of likely N-dealkylation sites (tertiary alicyclic amines) is 1. The molecule has 0 radical (unpaired) electrons. The van der Waals surface area contributed by atoms with Crippen LogP contribution in [-0.2, 0) is 11.2 Å². The van der Waals surface area contributed by atoms with Crippen molar-refractivity contribution in [1.29, 1.82) is 0 Å². The topological polar surface area (TPSA) is 46.3 Å². The molecule has 2 aliphatic rings. The summed E-state index contributed by atoms with van der Waals surface area (Å²) in [4.78, 5) is 14.6.